The summed E-state index contributed by atoms with van der Waals surface area (Å²) in [5.74, 6) is 0. The van der Waals surface area contributed by atoms with E-state index in [4.69, 9.17) is 46.4 Å². The molecule has 0 saturated heterocycles. The Labute approximate surface area is 120 Å². The number of halogens is 4. The number of sulfonamides is 1. The first-order valence-corrected chi connectivity index (χ1v) is 7.37. The van der Waals surface area contributed by atoms with Gasteiger partial charge < -0.3 is 0 Å². The van der Waals surface area contributed by atoms with E-state index in [1.165, 1.54) is 31.3 Å². The second-order valence-corrected chi connectivity index (χ2v) is 8.33. The van der Waals surface area contributed by atoms with Crippen LogP contribution in [-0.4, -0.2) is 30.1 Å². The third-order valence-electron chi connectivity index (χ3n) is 1.92. The zero-order valence-corrected chi connectivity index (χ0v) is 12.5. The fraction of sp³-hybridized carbons (Fsp3) is 0.333. The third kappa shape index (κ3) is 4.47. The van der Waals surface area contributed by atoms with Crippen LogP contribution in [0.5, 0.6) is 0 Å². The smallest absolute Gasteiger partial charge is 0.207 e. The molecule has 17 heavy (non-hydrogen) atoms. The van der Waals surface area contributed by atoms with Crippen LogP contribution in [0.2, 0.25) is 5.02 Å². The molecule has 8 heteroatoms. The van der Waals surface area contributed by atoms with Crippen LogP contribution in [0.15, 0.2) is 29.2 Å². The van der Waals surface area contributed by atoms with Crippen LogP contribution in [0.4, 0.5) is 0 Å². The number of rotatable bonds is 3. The van der Waals surface area contributed by atoms with Crippen molar-refractivity contribution in [2.75, 3.05) is 13.6 Å². The summed E-state index contributed by atoms with van der Waals surface area (Å²) in [7, 11) is -2.33. The molecule has 96 valence electrons. The molecule has 0 heterocycles. The minimum absolute atomic E-state index is 0.0960. The number of hydrogen-bond acceptors (Lipinski definition) is 2. The SMILES string of the molecule is CN(CC(Cl)(Cl)Cl)S(=O)(=O)c1ccc(Cl)cc1. The molecule has 0 aliphatic carbocycles. The first-order valence-electron chi connectivity index (χ1n) is 4.41. The fourth-order valence-corrected chi connectivity index (χ4v) is 3.20. The molecule has 0 aliphatic rings. The van der Waals surface area contributed by atoms with Gasteiger partial charge in [-0.2, -0.15) is 4.31 Å². The number of alkyl halides is 3. The Hall–Kier alpha value is 0.290. The lowest BCUT2D eigenvalue weighted by Crippen LogP contribution is -2.34. The van der Waals surface area contributed by atoms with Crippen molar-refractivity contribution >= 4 is 56.4 Å². The highest BCUT2D eigenvalue weighted by molar-refractivity contribution is 7.89. The zero-order valence-electron chi connectivity index (χ0n) is 8.70. The van der Waals surface area contributed by atoms with Gasteiger partial charge in [0.05, 0.1) is 11.4 Å². The Morgan fingerprint density at radius 3 is 2.06 bits per heavy atom. The molecule has 0 radical (unpaired) electrons. The first kappa shape index (κ1) is 15.3. The van der Waals surface area contributed by atoms with Crippen molar-refractivity contribution in [2.24, 2.45) is 0 Å². The highest BCUT2D eigenvalue weighted by Gasteiger charge is 2.29. The molecule has 0 atom stereocenters. The van der Waals surface area contributed by atoms with E-state index in [1.807, 2.05) is 0 Å². The predicted molar refractivity (Wildman–Crippen MR) is 71.6 cm³/mol. The monoisotopic (exact) mass is 335 g/mol. The van der Waals surface area contributed by atoms with Gasteiger partial charge in [-0.1, -0.05) is 46.4 Å². The fourth-order valence-electron chi connectivity index (χ4n) is 1.12. The average Bonchev–Trinajstić information content (AvgIpc) is 2.15. The van der Waals surface area contributed by atoms with Gasteiger partial charge in [0.2, 0.25) is 13.8 Å². The van der Waals surface area contributed by atoms with E-state index in [0.717, 1.165) is 4.31 Å². The van der Waals surface area contributed by atoms with Gasteiger partial charge in [0.1, 0.15) is 0 Å². The van der Waals surface area contributed by atoms with Gasteiger partial charge in [-0.05, 0) is 24.3 Å². The van der Waals surface area contributed by atoms with Gasteiger partial charge >= 0.3 is 0 Å². The standard InChI is InChI=1S/C9H9Cl4NO2S/c1-14(6-9(11,12)13)17(15,16)8-4-2-7(10)3-5-8/h2-5H,6H2,1H3. The maximum atomic E-state index is 12.0. The number of benzene rings is 1. The van der Waals surface area contributed by atoms with Gasteiger partial charge in [-0.15, -0.1) is 0 Å². The lowest BCUT2D eigenvalue weighted by atomic mass is 10.4. The van der Waals surface area contributed by atoms with Crippen molar-refractivity contribution in [1.82, 2.24) is 4.31 Å². The molecule has 0 N–H and O–H groups in total. The summed E-state index contributed by atoms with van der Waals surface area (Å²) in [6.45, 7) is -0.234. The molecule has 1 rings (SSSR count). The summed E-state index contributed by atoms with van der Waals surface area (Å²) < 4.78 is 23.4. The summed E-state index contributed by atoms with van der Waals surface area (Å²) in [5, 5.41) is 0.452. The molecule has 0 amide bonds. The quantitative estimate of drug-likeness (QED) is 0.794. The summed E-state index contributed by atoms with van der Waals surface area (Å²) >= 11 is 22.3. The van der Waals surface area contributed by atoms with Gasteiger partial charge in [0.15, 0.2) is 0 Å². The summed E-state index contributed by atoms with van der Waals surface area (Å²) in [6, 6.07) is 5.76. The van der Waals surface area contributed by atoms with Crippen molar-refractivity contribution in [3.8, 4) is 0 Å². The van der Waals surface area contributed by atoms with Crippen molar-refractivity contribution in [3.63, 3.8) is 0 Å². The largest absolute Gasteiger partial charge is 0.242 e. The predicted octanol–water partition coefficient (Wildman–Crippen LogP) is 3.33. The van der Waals surface area contributed by atoms with Gasteiger partial charge in [0, 0.05) is 12.1 Å². The van der Waals surface area contributed by atoms with Crippen molar-refractivity contribution in [3.05, 3.63) is 29.3 Å². The normalized spacial score (nSPS) is 13.1. The molecule has 1 aromatic carbocycles. The Bertz CT molecular complexity index is 481. The van der Waals surface area contributed by atoms with E-state index < -0.39 is 13.8 Å². The Morgan fingerprint density at radius 2 is 1.65 bits per heavy atom. The molecule has 0 bridgehead atoms. The average molecular weight is 337 g/mol. The lowest BCUT2D eigenvalue weighted by molar-refractivity contribution is 0.476. The minimum atomic E-state index is -3.67. The van der Waals surface area contributed by atoms with E-state index >= 15 is 0 Å². The summed E-state index contributed by atoms with van der Waals surface area (Å²) in [6.07, 6.45) is 0. The number of hydrogen-bond donors (Lipinski definition) is 0. The molecule has 0 fully saturated rings. The topological polar surface area (TPSA) is 37.4 Å². The van der Waals surface area contributed by atoms with E-state index in [1.54, 1.807) is 0 Å². The molecule has 3 nitrogen and oxygen atoms in total. The molecule has 0 aliphatic heterocycles. The molecular formula is C9H9Cl4NO2S. The van der Waals surface area contributed by atoms with Gasteiger partial charge in [-0.3, -0.25) is 0 Å². The summed E-state index contributed by atoms with van der Waals surface area (Å²) in [5.41, 5.74) is 0. The number of nitrogens with zero attached hydrogens (tertiary/aromatic N) is 1. The van der Waals surface area contributed by atoms with Crippen LogP contribution in [0, 0.1) is 0 Å². The van der Waals surface area contributed by atoms with Gasteiger partial charge in [-0.25, -0.2) is 8.42 Å². The molecule has 0 unspecified atom stereocenters. The maximum absolute atomic E-state index is 12.0. The van der Waals surface area contributed by atoms with Crippen molar-refractivity contribution < 1.29 is 8.42 Å². The molecule has 0 spiro atoms. The van der Waals surface area contributed by atoms with Crippen LogP contribution in [0.3, 0.4) is 0 Å². The molecule has 0 aromatic heterocycles. The van der Waals surface area contributed by atoms with E-state index in [2.05, 4.69) is 0 Å². The van der Waals surface area contributed by atoms with Crippen LogP contribution in [0.1, 0.15) is 0 Å². The van der Waals surface area contributed by atoms with Crippen LogP contribution in [0.25, 0.3) is 0 Å². The van der Waals surface area contributed by atoms with E-state index in [0.29, 0.717) is 5.02 Å². The Kier molecular flexibility index (Phi) is 4.97. The summed E-state index contributed by atoms with van der Waals surface area (Å²) in [4.78, 5) is 0.0960. The Balaban J connectivity index is 2.99. The zero-order chi connectivity index (χ0) is 13.3. The molecular weight excluding hydrogens is 328 g/mol. The second-order valence-electron chi connectivity index (χ2n) is 3.33. The third-order valence-corrected chi connectivity index (χ3v) is 4.35. The second kappa shape index (κ2) is 5.51. The van der Waals surface area contributed by atoms with Crippen molar-refractivity contribution in [1.29, 1.82) is 0 Å². The van der Waals surface area contributed by atoms with E-state index in [-0.39, 0.29) is 11.4 Å². The molecule has 0 saturated carbocycles. The Morgan fingerprint density at radius 1 is 1.18 bits per heavy atom. The van der Waals surface area contributed by atoms with E-state index in [9.17, 15) is 8.42 Å². The van der Waals surface area contributed by atoms with Crippen LogP contribution < -0.4 is 0 Å². The first-order chi connectivity index (χ1) is 7.63. The minimum Gasteiger partial charge on any atom is -0.207 e. The van der Waals surface area contributed by atoms with Gasteiger partial charge in [0.25, 0.3) is 0 Å². The maximum Gasteiger partial charge on any atom is 0.242 e. The van der Waals surface area contributed by atoms with Crippen LogP contribution >= 0.6 is 46.4 Å². The van der Waals surface area contributed by atoms with Crippen molar-refractivity contribution in [2.45, 2.75) is 8.69 Å². The molecule has 1 aromatic rings. The van der Waals surface area contributed by atoms with Crippen LogP contribution in [-0.2, 0) is 10.0 Å². The highest BCUT2D eigenvalue weighted by atomic mass is 35.6. The lowest BCUT2D eigenvalue weighted by Gasteiger charge is -2.21. The highest BCUT2D eigenvalue weighted by Crippen LogP contribution is 2.28.